The molecule has 0 N–H and O–H groups in total. The minimum absolute atomic E-state index is 0.136. The van der Waals surface area contributed by atoms with Crippen LogP contribution in [0, 0.1) is 0 Å². The lowest BCUT2D eigenvalue weighted by Crippen LogP contribution is -2.44. The van der Waals surface area contributed by atoms with Gasteiger partial charge in [0.05, 0.1) is 30.6 Å². The number of anilines is 1. The second kappa shape index (κ2) is 8.03. The molecule has 3 aromatic heterocycles. The summed E-state index contributed by atoms with van der Waals surface area (Å²) >= 11 is 0. The average molecular weight is 487 g/mol. The summed E-state index contributed by atoms with van der Waals surface area (Å²) in [6.07, 6.45) is 8.89. The fraction of sp³-hybridized carbons (Fsp3) is 0.609. The summed E-state index contributed by atoms with van der Waals surface area (Å²) in [4.78, 5) is 12.0. The topological polar surface area (TPSA) is 104 Å². The third-order valence-electron chi connectivity index (χ3n) is 7.37. The summed E-state index contributed by atoms with van der Waals surface area (Å²) in [5.41, 5.74) is 2.87. The molecular formula is C23H30N6O4S. The Labute approximate surface area is 198 Å². The molecular weight excluding hydrogens is 456 g/mol. The summed E-state index contributed by atoms with van der Waals surface area (Å²) in [6, 6.07) is 4.00. The van der Waals surface area contributed by atoms with E-state index in [4.69, 9.17) is 19.4 Å². The fourth-order valence-corrected chi connectivity index (χ4v) is 6.66. The highest BCUT2D eigenvalue weighted by molar-refractivity contribution is 7.91. The van der Waals surface area contributed by atoms with Crippen molar-refractivity contribution < 1.29 is 17.9 Å². The minimum Gasteiger partial charge on any atom is -0.377 e. The molecule has 1 unspecified atom stereocenters. The van der Waals surface area contributed by atoms with E-state index < -0.39 is 14.6 Å². The van der Waals surface area contributed by atoms with Crippen LogP contribution in [0.4, 0.5) is 5.82 Å². The molecule has 2 aliphatic heterocycles. The molecule has 6 rings (SSSR count). The SMILES string of the molecule is C[C@@H]1COCCN1c1cc(C2(S(C)(=O)=O)CC2)n2cnc(-c3ccnn3C3CCCCO3)c2n1. The van der Waals surface area contributed by atoms with Crippen molar-refractivity contribution in [3.8, 4) is 11.4 Å². The second-order valence-electron chi connectivity index (χ2n) is 9.65. The number of imidazole rings is 1. The van der Waals surface area contributed by atoms with Crippen LogP contribution in [-0.2, 0) is 24.1 Å². The fourth-order valence-electron chi connectivity index (χ4n) is 5.28. The van der Waals surface area contributed by atoms with Gasteiger partial charge >= 0.3 is 0 Å². The highest BCUT2D eigenvalue weighted by Gasteiger charge is 2.55. The smallest absolute Gasteiger partial charge is 0.168 e. The Hall–Kier alpha value is -2.50. The number of hydrogen-bond acceptors (Lipinski definition) is 8. The average Bonchev–Trinajstić information content (AvgIpc) is 3.33. The Kier molecular flexibility index (Phi) is 5.19. The zero-order valence-electron chi connectivity index (χ0n) is 19.6. The van der Waals surface area contributed by atoms with Gasteiger partial charge < -0.3 is 14.4 Å². The quantitative estimate of drug-likeness (QED) is 0.542. The highest BCUT2D eigenvalue weighted by atomic mass is 32.2. The molecule has 1 aliphatic carbocycles. The number of rotatable bonds is 5. The second-order valence-corrected chi connectivity index (χ2v) is 12.0. The van der Waals surface area contributed by atoms with E-state index in [1.165, 1.54) is 6.26 Å². The maximum atomic E-state index is 12.9. The van der Waals surface area contributed by atoms with Gasteiger partial charge in [-0.2, -0.15) is 5.10 Å². The molecule has 2 atom stereocenters. The van der Waals surface area contributed by atoms with Crippen LogP contribution < -0.4 is 4.90 Å². The van der Waals surface area contributed by atoms with Gasteiger partial charge in [0.15, 0.2) is 21.7 Å². The maximum Gasteiger partial charge on any atom is 0.168 e. The number of ether oxygens (including phenoxy) is 2. The normalized spacial score (nSPS) is 25.1. The molecule has 0 spiro atoms. The summed E-state index contributed by atoms with van der Waals surface area (Å²) < 4.78 is 40.2. The predicted octanol–water partition coefficient (Wildman–Crippen LogP) is 2.55. The predicted molar refractivity (Wildman–Crippen MR) is 126 cm³/mol. The summed E-state index contributed by atoms with van der Waals surface area (Å²) in [5.74, 6) is 0.759. The molecule has 34 heavy (non-hydrogen) atoms. The van der Waals surface area contributed by atoms with Crippen LogP contribution >= 0.6 is 0 Å². The van der Waals surface area contributed by atoms with Crippen LogP contribution in [0.3, 0.4) is 0 Å². The van der Waals surface area contributed by atoms with Gasteiger partial charge in [-0.1, -0.05) is 0 Å². The minimum atomic E-state index is -3.32. The molecule has 0 bridgehead atoms. The first-order valence-corrected chi connectivity index (χ1v) is 13.9. The van der Waals surface area contributed by atoms with Crippen LogP contribution in [-0.4, -0.2) is 71.2 Å². The van der Waals surface area contributed by atoms with Crippen molar-refractivity contribution >= 4 is 21.3 Å². The van der Waals surface area contributed by atoms with Crippen LogP contribution in [0.1, 0.15) is 50.9 Å². The number of sulfone groups is 1. The third-order valence-corrected chi connectivity index (χ3v) is 9.41. The summed E-state index contributed by atoms with van der Waals surface area (Å²) in [7, 11) is -3.32. The zero-order valence-corrected chi connectivity index (χ0v) is 20.4. The number of fused-ring (bicyclic) bond motifs is 1. The maximum absolute atomic E-state index is 12.9. The van der Waals surface area contributed by atoms with Gasteiger partial charge in [-0.3, -0.25) is 4.40 Å². The number of hydrogen-bond donors (Lipinski definition) is 0. The van der Waals surface area contributed by atoms with E-state index in [0.717, 1.165) is 36.5 Å². The summed E-state index contributed by atoms with van der Waals surface area (Å²) in [5, 5.41) is 4.54. The van der Waals surface area contributed by atoms with E-state index in [9.17, 15) is 8.42 Å². The first-order chi connectivity index (χ1) is 16.4. The van der Waals surface area contributed by atoms with Crippen LogP contribution in [0.15, 0.2) is 24.7 Å². The lowest BCUT2D eigenvalue weighted by Gasteiger charge is -2.35. The van der Waals surface area contributed by atoms with Crippen molar-refractivity contribution in [1.29, 1.82) is 0 Å². The molecule has 5 heterocycles. The van der Waals surface area contributed by atoms with Crippen molar-refractivity contribution in [2.45, 2.75) is 56.0 Å². The van der Waals surface area contributed by atoms with Crippen LogP contribution in [0.2, 0.25) is 0 Å². The van der Waals surface area contributed by atoms with Crippen LogP contribution in [0.5, 0.6) is 0 Å². The Morgan fingerprint density at radius 1 is 1.21 bits per heavy atom. The Morgan fingerprint density at radius 2 is 2.06 bits per heavy atom. The van der Waals surface area contributed by atoms with Crippen molar-refractivity contribution in [1.82, 2.24) is 24.1 Å². The molecule has 182 valence electrons. The van der Waals surface area contributed by atoms with Gasteiger partial charge in [-0.15, -0.1) is 0 Å². The van der Waals surface area contributed by atoms with Crippen LogP contribution in [0.25, 0.3) is 17.0 Å². The van der Waals surface area contributed by atoms with Crippen molar-refractivity contribution in [2.24, 2.45) is 0 Å². The van der Waals surface area contributed by atoms with E-state index in [2.05, 4.69) is 16.9 Å². The largest absolute Gasteiger partial charge is 0.377 e. The molecule has 3 fully saturated rings. The van der Waals surface area contributed by atoms with Crippen molar-refractivity contribution in [3.05, 3.63) is 30.4 Å². The van der Waals surface area contributed by atoms with E-state index in [0.29, 0.717) is 50.5 Å². The molecule has 3 aliphatic rings. The van der Waals surface area contributed by atoms with Gasteiger partial charge in [0, 0.05) is 31.7 Å². The highest BCUT2D eigenvalue weighted by Crippen LogP contribution is 2.53. The lowest BCUT2D eigenvalue weighted by atomic mass is 10.2. The monoisotopic (exact) mass is 486 g/mol. The summed E-state index contributed by atoms with van der Waals surface area (Å²) in [6.45, 7) is 4.74. The number of aromatic nitrogens is 5. The first-order valence-electron chi connectivity index (χ1n) is 12.0. The van der Waals surface area contributed by atoms with Gasteiger partial charge in [-0.05, 0) is 45.1 Å². The molecule has 0 amide bonds. The molecule has 0 aromatic carbocycles. The van der Waals surface area contributed by atoms with E-state index in [1.807, 2.05) is 21.2 Å². The molecule has 0 radical (unpaired) electrons. The number of nitrogens with zero attached hydrogens (tertiary/aromatic N) is 6. The molecule has 10 nitrogen and oxygen atoms in total. The van der Waals surface area contributed by atoms with Crippen molar-refractivity contribution in [2.75, 3.05) is 37.5 Å². The standard InChI is InChI=1S/C23H30N6O4S/c1-16-14-32-12-10-27(16)19-13-18(23(7-8-23)34(2,30)31)28-15-24-21(22(28)26-19)17-6-9-25-29(17)20-5-3-4-11-33-20/h6,9,13,15-16,20H,3-5,7-8,10-12,14H2,1-2H3/t16-,20?/m1/s1. The van der Waals surface area contributed by atoms with E-state index in [1.54, 1.807) is 12.5 Å². The van der Waals surface area contributed by atoms with E-state index in [-0.39, 0.29) is 12.3 Å². The Bertz CT molecular complexity index is 1320. The van der Waals surface area contributed by atoms with Gasteiger partial charge in [-0.25, -0.2) is 23.1 Å². The van der Waals surface area contributed by atoms with Gasteiger partial charge in [0.1, 0.15) is 22.6 Å². The van der Waals surface area contributed by atoms with Crippen molar-refractivity contribution in [3.63, 3.8) is 0 Å². The van der Waals surface area contributed by atoms with Gasteiger partial charge in [0.2, 0.25) is 0 Å². The Balaban J connectivity index is 1.54. The lowest BCUT2D eigenvalue weighted by molar-refractivity contribution is -0.0383. The number of morpholine rings is 1. The third kappa shape index (κ3) is 3.44. The van der Waals surface area contributed by atoms with Gasteiger partial charge in [0.25, 0.3) is 0 Å². The molecule has 1 saturated carbocycles. The molecule has 3 aromatic rings. The Morgan fingerprint density at radius 3 is 2.76 bits per heavy atom. The van der Waals surface area contributed by atoms with E-state index >= 15 is 0 Å². The molecule has 2 saturated heterocycles. The zero-order chi connectivity index (χ0) is 23.5. The molecule has 11 heteroatoms. The first kappa shape index (κ1) is 22.0.